The van der Waals surface area contributed by atoms with Gasteiger partial charge in [-0.25, -0.2) is 0 Å². The fourth-order valence-electron chi connectivity index (χ4n) is 2.14. The molecule has 21 heavy (non-hydrogen) atoms. The van der Waals surface area contributed by atoms with Gasteiger partial charge in [0.05, 0.1) is 5.56 Å². The van der Waals surface area contributed by atoms with Gasteiger partial charge in [0.2, 0.25) is 0 Å². The Labute approximate surface area is 140 Å². The predicted octanol–water partition coefficient (Wildman–Crippen LogP) is 3.83. The molecule has 0 aliphatic rings. The molecule has 1 aromatic heterocycles. The number of rotatable bonds is 6. The van der Waals surface area contributed by atoms with Gasteiger partial charge in [-0.1, -0.05) is 6.92 Å². The number of hydrogen-bond acceptors (Lipinski definition) is 2. The molecule has 0 radical (unpaired) electrons. The number of benzene rings is 1. The van der Waals surface area contributed by atoms with E-state index in [-0.39, 0.29) is 18.4 Å². The molecule has 1 atom stereocenters. The van der Waals surface area contributed by atoms with Gasteiger partial charge in [-0.3, -0.25) is 4.79 Å². The van der Waals surface area contributed by atoms with Crippen LogP contribution in [0.2, 0.25) is 0 Å². The van der Waals surface area contributed by atoms with Crippen molar-refractivity contribution in [3.63, 3.8) is 0 Å². The minimum absolute atomic E-state index is 0.0767. The van der Waals surface area contributed by atoms with E-state index in [1.165, 1.54) is 0 Å². The van der Waals surface area contributed by atoms with Crippen molar-refractivity contribution in [2.45, 2.75) is 19.8 Å². The van der Waals surface area contributed by atoms with Gasteiger partial charge in [-0.2, -0.15) is 0 Å². The summed E-state index contributed by atoms with van der Waals surface area (Å²) in [5.41, 5.74) is 1.57. The number of aromatic amines is 1. The Hall–Kier alpha value is -0.850. The Balaban J connectivity index is 2.01. The van der Waals surface area contributed by atoms with Crippen LogP contribution in [0.5, 0.6) is 0 Å². The van der Waals surface area contributed by atoms with Crippen molar-refractivity contribution in [2.24, 2.45) is 5.92 Å². The van der Waals surface area contributed by atoms with E-state index in [4.69, 9.17) is 5.11 Å². The minimum Gasteiger partial charge on any atom is -0.396 e. The highest BCUT2D eigenvalue weighted by atomic mass is 79.9. The molecule has 0 bridgehead atoms. The Morgan fingerprint density at radius 2 is 2.10 bits per heavy atom. The van der Waals surface area contributed by atoms with E-state index in [0.29, 0.717) is 12.1 Å². The van der Waals surface area contributed by atoms with Crippen molar-refractivity contribution in [2.75, 3.05) is 13.2 Å². The van der Waals surface area contributed by atoms with Gasteiger partial charge in [-0.05, 0) is 62.8 Å². The van der Waals surface area contributed by atoms with Gasteiger partial charge in [-0.15, -0.1) is 0 Å². The molecule has 0 saturated heterocycles. The number of carbonyl (C=O) groups excluding carboxylic acids is 1. The minimum atomic E-state index is -0.0767. The molecule has 2 rings (SSSR count). The molecular weight excluding hydrogens is 400 g/mol. The Morgan fingerprint density at radius 3 is 2.81 bits per heavy atom. The lowest BCUT2D eigenvalue weighted by atomic mass is 10.1. The zero-order valence-corrected chi connectivity index (χ0v) is 14.9. The number of nitrogens with one attached hydrogen (secondary N) is 2. The van der Waals surface area contributed by atoms with Crippen LogP contribution in [0, 0.1) is 5.92 Å². The van der Waals surface area contributed by atoms with Crippen LogP contribution in [0.1, 0.15) is 30.1 Å². The first-order valence-electron chi connectivity index (χ1n) is 6.88. The lowest BCUT2D eigenvalue weighted by molar-refractivity contribution is 0.0954. The van der Waals surface area contributed by atoms with Crippen molar-refractivity contribution >= 4 is 48.7 Å². The molecule has 0 spiro atoms. The van der Waals surface area contributed by atoms with E-state index >= 15 is 0 Å². The van der Waals surface area contributed by atoms with Crippen LogP contribution in [-0.2, 0) is 0 Å². The number of carbonyl (C=O) groups is 1. The molecule has 0 aliphatic carbocycles. The molecular formula is C15H18Br2N2O2. The van der Waals surface area contributed by atoms with Crippen molar-refractivity contribution in [3.05, 3.63) is 32.8 Å². The summed E-state index contributed by atoms with van der Waals surface area (Å²) in [6, 6.07) is 3.87. The SMILES string of the molecule is CC(CO)CCCNC(=O)c1c[nH]c2cc(Br)c(Br)cc12. The number of aromatic nitrogens is 1. The molecule has 1 unspecified atom stereocenters. The zero-order valence-electron chi connectivity index (χ0n) is 11.7. The number of halogens is 2. The van der Waals surface area contributed by atoms with E-state index in [9.17, 15) is 4.79 Å². The summed E-state index contributed by atoms with van der Waals surface area (Å²) in [4.78, 5) is 15.3. The van der Waals surface area contributed by atoms with Crippen molar-refractivity contribution in [1.82, 2.24) is 10.3 Å². The Bertz CT molecular complexity index is 640. The monoisotopic (exact) mass is 416 g/mol. The highest BCUT2D eigenvalue weighted by Gasteiger charge is 2.13. The highest BCUT2D eigenvalue weighted by Crippen LogP contribution is 2.30. The fourth-order valence-corrected chi connectivity index (χ4v) is 2.83. The second-order valence-electron chi connectivity index (χ2n) is 5.20. The molecule has 4 nitrogen and oxygen atoms in total. The highest BCUT2D eigenvalue weighted by molar-refractivity contribution is 9.13. The second-order valence-corrected chi connectivity index (χ2v) is 6.91. The van der Waals surface area contributed by atoms with Gasteiger partial charge in [0.25, 0.3) is 5.91 Å². The predicted molar refractivity (Wildman–Crippen MR) is 91.5 cm³/mol. The van der Waals surface area contributed by atoms with E-state index in [0.717, 1.165) is 32.7 Å². The van der Waals surface area contributed by atoms with E-state index in [1.54, 1.807) is 6.20 Å². The smallest absolute Gasteiger partial charge is 0.253 e. The first-order chi connectivity index (χ1) is 10.0. The lowest BCUT2D eigenvalue weighted by Crippen LogP contribution is -2.24. The number of amides is 1. The number of aliphatic hydroxyl groups is 1. The lowest BCUT2D eigenvalue weighted by Gasteiger charge is -2.08. The Kier molecular flexibility index (Phi) is 5.84. The number of aliphatic hydroxyl groups excluding tert-OH is 1. The summed E-state index contributed by atoms with van der Waals surface area (Å²) in [5, 5.41) is 12.8. The summed E-state index contributed by atoms with van der Waals surface area (Å²) < 4.78 is 1.86. The average molecular weight is 418 g/mol. The van der Waals surface area contributed by atoms with Crippen molar-refractivity contribution < 1.29 is 9.90 Å². The van der Waals surface area contributed by atoms with Crippen molar-refractivity contribution in [3.8, 4) is 0 Å². The molecule has 1 aromatic carbocycles. The van der Waals surface area contributed by atoms with E-state index < -0.39 is 0 Å². The largest absolute Gasteiger partial charge is 0.396 e. The first-order valence-corrected chi connectivity index (χ1v) is 8.46. The molecule has 0 fully saturated rings. The molecule has 1 heterocycles. The molecule has 114 valence electrons. The van der Waals surface area contributed by atoms with Crippen LogP contribution in [0.4, 0.5) is 0 Å². The fraction of sp³-hybridized carbons (Fsp3) is 0.400. The summed E-state index contributed by atoms with van der Waals surface area (Å²) in [6.45, 7) is 2.81. The first kappa shape index (κ1) is 16.5. The van der Waals surface area contributed by atoms with Crippen LogP contribution in [0.3, 0.4) is 0 Å². The normalized spacial score (nSPS) is 12.6. The maximum Gasteiger partial charge on any atom is 0.253 e. The Morgan fingerprint density at radius 1 is 1.38 bits per heavy atom. The summed E-state index contributed by atoms with van der Waals surface area (Å²) >= 11 is 6.90. The third kappa shape index (κ3) is 4.08. The van der Waals surface area contributed by atoms with Gasteiger partial charge >= 0.3 is 0 Å². The molecule has 3 N–H and O–H groups in total. The van der Waals surface area contributed by atoms with Gasteiger partial charge in [0.15, 0.2) is 0 Å². The van der Waals surface area contributed by atoms with Crippen LogP contribution in [0.15, 0.2) is 27.3 Å². The number of H-pyrrole nitrogens is 1. The summed E-state index contributed by atoms with van der Waals surface area (Å²) in [6.07, 6.45) is 3.50. The van der Waals surface area contributed by atoms with Crippen LogP contribution >= 0.6 is 31.9 Å². The average Bonchev–Trinajstić information content (AvgIpc) is 2.86. The zero-order chi connectivity index (χ0) is 15.4. The van der Waals surface area contributed by atoms with Gasteiger partial charge in [0.1, 0.15) is 0 Å². The number of fused-ring (bicyclic) bond motifs is 1. The maximum absolute atomic E-state index is 12.2. The third-order valence-corrected chi connectivity index (χ3v) is 5.28. The van der Waals surface area contributed by atoms with Gasteiger partial charge in [0, 0.05) is 39.2 Å². The molecule has 1 amide bonds. The van der Waals surface area contributed by atoms with Crippen LogP contribution in [0.25, 0.3) is 10.9 Å². The molecule has 0 saturated carbocycles. The quantitative estimate of drug-likeness (QED) is 0.625. The third-order valence-electron chi connectivity index (χ3n) is 3.44. The molecule has 6 heteroatoms. The van der Waals surface area contributed by atoms with Crippen LogP contribution in [-0.4, -0.2) is 29.1 Å². The van der Waals surface area contributed by atoms with E-state index in [1.807, 2.05) is 19.1 Å². The summed E-state index contributed by atoms with van der Waals surface area (Å²) in [5.74, 6) is 0.204. The van der Waals surface area contributed by atoms with E-state index in [2.05, 4.69) is 42.2 Å². The summed E-state index contributed by atoms with van der Waals surface area (Å²) in [7, 11) is 0. The van der Waals surface area contributed by atoms with Crippen LogP contribution < -0.4 is 5.32 Å². The molecule has 2 aromatic rings. The standard InChI is InChI=1S/C15H18Br2N2O2/c1-9(8-20)3-2-4-18-15(21)11-7-19-14-6-13(17)12(16)5-10(11)14/h5-7,9,19-20H,2-4,8H2,1H3,(H,18,21). The maximum atomic E-state index is 12.2. The number of hydrogen-bond donors (Lipinski definition) is 3. The van der Waals surface area contributed by atoms with Crippen molar-refractivity contribution in [1.29, 1.82) is 0 Å². The topological polar surface area (TPSA) is 65.1 Å². The molecule has 0 aliphatic heterocycles. The second kappa shape index (κ2) is 7.42. The van der Waals surface area contributed by atoms with Gasteiger partial charge < -0.3 is 15.4 Å².